The van der Waals surface area contributed by atoms with Gasteiger partial charge in [0.1, 0.15) is 0 Å². The molecule has 1 fully saturated rings. The second kappa shape index (κ2) is 6.20. The largest absolute Gasteiger partial charge is 0.481 e. The van der Waals surface area contributed by atoms with Crippen LogP contribution in [0.1, 0.15) is 55.3 Å². The number of nitrogens with zero attached hydrogens (tertiary/aromatic N) is 1. The molecule has 2 aliphatic rings. The highest BCUT2D eigenvalue weighted by Gasteiger charge is 2.35. The number of nitrogens with one attached hydrogen (secondary N) is 1. The summed E-state index contributed by atoms with van der Waals surface area (Å²) in [5.74, 6) is -1.60. The fraction of sp³-hybridized carbons (Fsp3) is 0.562. The number of carboxylic acid groups (broad SMARTS) is 1. The van der Waals surface area contributed by atoms with Gasteiger partial charge in [-0.05, 0) is 32.6 Å². The molecule has 0 aliphatic heterocycles. The minimum Gasteiger partial charge on any atom is -0.481 e. The lowest BCUT2D eigenvalue weighted by Crippen LogP contribution is -2.39. The number of aromatic nitrogens is 1. The van der Waals surface area contributed by atoms with E-state index < -0.39 is 17.8 Å². The van der Waals surface area contributed by atoms with Crippen molar-refractivity contribution in [2.75, 3.05) is 0 Å². The zero-order valence-corrected chi connectivity index (χ0v) is 13.3. The highest BCUT2D eigenvalue weighted by Crippen LogP contribution is 2.41. The van der Waals surface area contributed by atoms with Gasteiger partial charge in [-0.25, -0.2) is 4.98 Å². The average molecular weight is 320 g/mol. The molecule has 0 bridgehead atoms. The lowest BCUT2D eigenvalue weighted by molar-refractivity contribution is -0.147. The Bertz CT molecular complexity index is 606. The van der Waals surface area contributed by atoms with Crippen LogP contribution in [0.15, 0.2) is 17.5 Å². The third-order valence-electron chi connectivity index (χ3n) is 4.36. The SMILES string of the molecule is C[C@H](NC(=O)[C@@H]1CC=CC[C@@H]1C(=O)O)c1csc(C2CC2)n1. The Morgan fingerprint density at radius 2 is 2.00 bits per heavy atom. The van der Waals surface area contributed by atoms with Crippen LogP contribution in [0.2, 0.25) is 0 Å². The molecule has 1 amide bonds. The first-order chi connectivity index (χ1) is 10.6. The van der Waals surface area contributed by atoms with Gasteiger partial charge in [-0.3, -0.25) is 9.59 Å². The molecule has 3 rings (SSSR count). The van der Waals surface area contributed by atoms with E-state index in [1.807, 2.05) is 24.5 Å². The molecule has 5 nitrogen and oxygen atoms in total. The zero-order chi connectivity index (χ0) is 15.7. The molecule has 2 N–H and O–H groups in total. The highest BCUT2D eigenvalue weighted by molar-refractivity contribution is 7.09. The Kier molecular flexibility index (Phi) is 4.29. The molecule has 22 heavy (non-hydrogen) atoms. The minimum absolute atomic E-state index is 0.184. The number of aliphatic carboxylic acids is 1. The first kappa shape index (κ1) is 15.2. The highest BCUT2D eigenvalue weighted by atomic mass is 32.1. The second-order valence-electron chi connectivity index (χ2n) is 6.11. The molecule has 1 aromatic rings. The summed E-state index contributed by atoms with van der Waals surface area (Å²) >= 11 is 1.65. The van der Waals surface area contributed by atoms with Crippen molar-refractivity contribution >= 4 is 23.2 Å². The molecule has 1 saturated carbocycles. The second-order valence-corrected chi connectivity index (χ2v) is 7.00. The summed E-state index contributed by atoms with van der Waals surface area (Å²) in [7, 11) is 0. The van der Waals surface area contributed by atoms with Crippen molar-refractivity contribution in [1.29, 1.82) is 0 Å². The van der Waals surface area contributed by atoms with Crippen LogP contribution in [-0.2, 0) is 9.59 Å². The summed E-state index contributed by atoms with van der Waals surface area (Å²) in [5.41, 5.74) is 0.874. The van der Waals surface area contributed by atoms with E-state index in [9.17, 15) is 14.7 Å². The van der Waals surface area contributed by atoms with Crippen molar-refractivity contribution in [3.8, 4) is 0 Å². The van der Waals surface area contributed by atoms with Crippen LogP contribution < -0.4 is 5.32 Å². The van der Waals surface area contributed by atoms with Crippen molar-refractivity contribution in [2.24, 2.45) is 11.8 Å². The first-order valence-corrected chi connectivity index (χ1v) is 8.57. The average Bonchev–Trinajstić information content (AvgIpc) is 3.24. The quantitative estimate of drug-likeness (QED) is 0.818. The first-order valence-electron chi connectivity index (χ1n) is 7.69. The van der Waals surface area contributed by atoms with Gasteiger partial charge in [-0.2, -0.15) is 0 Å². The monoisotopic (exact) mass is 320 g/mol. The molecular formula is C16H20N2O3S. The van der Waals surface area contributed by atoms with Crippen LogP contribution in [0.25, 0.3) is 0 Å². The third kappa shape index (κ3) is 3.21. The third-order valence-corrected chi connectivity index (χ3v) is 5.38. The van der Waals surface area contributed by atoms with Gasteiger partial charge >= 0.3 is 5.97 Å². The maximum Gasteiger partial charge on any atom is 0.307 e. The maximum absolute atomic E-state index is 12.4. The maximum atomic E-state index is 12.4. The lowest BCUT2D eigenvalue weighted by atomic mass is 9.82. The van der Waals surface area contributed by atoms with Gasteiger partial charge in [0.15, 0.2) is 0 Å². The van der Waals surface area contributed by atoms with Crippen LogP contribution >= 0.6 is 11.3 Å². The Morgan fingerprint density at radius 3 is 2.64 bits per heavy atom. The van der Waals surface area contributed by atoms with Gasteiger partial charge in [-0.15, -0.1) is 11.3 Å². The Hall–Kier alpha value is -1.69. The number of thiazole rings is 1. The predicted octanol–water partition coefficient (Wildman–Crippen LogP) is 2.86. The molecule has 0 saturated heterocycles. The molecule has 2 aliphatic carbocycles. The molecular weight excluding hydrogens is 300 g/mol. The standard InChI is InChI=1S/C16H20N2O3S/c1-9(13-8-22-15(18-13)10-6-7-10)17-14(19)11-4-2-3-5-12(11)16(20)21/h2-3,8-12H,4-7H2,1H3,(H,17,19)(H,20,21)/t9-,11+,12-/m0/s1. The van der Waals surface area contributed by atoms with Crippen LogP contribution in [0.4, 0.5) is 0 Å². The molecule has 0 spiro atoms. The summed E-state index contributed by atoms with van der Waals surface area (Å²) in [6.07, 6.45) is 7.06. The van der Waals surface area contributed by atoms with E-state index >= 15 is 0 Å². The van der Waals surface area contributed by atoms with Gasteiger partial charge in [0.05, 0.1) is 28.6 Å². The Morgan fingerprint density at radius 1 is 1.32 bits per heavy atom. The summed E-state index contributed by atoms with van der Waals surface area (Å²) in [4.78, 5) is 28.3. The number of carboxylic acids is 1. The van der Waals surface area contributed by atoms with Crippen LogP contribution in [0.5, 0.6) is 0 Å². The number of hydrogen-bond donors (Lipinski definition) is 2. The van der Waals surface area contributed by atoms with E-state index in [4.69, 9.17) is 0 Å². The number of carbonyl (C=O) groups is 2. The molecule has 1 aromatic heterocycles. The predicted molar refractivity (Wildman–Crippen MR) is 83.6 cm³/mol. The Balaban J connectivity index is 1.64. The zero-order valence-electron chi connectivity index (χ0n) is 12.5. The van der Waals surface area contributed by atoms with Crippen molar-refractivity contribution < 1.29 is 14.7 Å². The van der Waals surface area contributed by atoms with E-state index in [1.165, 1.54) is 12.8 Å². The fourth-order valence-corrected chi connectivity index (χ4v) is 3.87. The molecule has 3 atom stereocenters. The van der Waals surface area contributed by atoms with E-state index in [2.05, 4.69) is 10.3 Å². The lowest BCUT2D eigenvalue weighted by Gasteiger charge is -2.25. The molecule has 0 aromatic carbocycles. The van der Waals surface area contributed by atoms with Gasteiger partial charge < -0.3 is 10.4 Å². The summed E-state index contributed by atoms with van der Waals surface area (Å²) in [6.45, 7) is 1.90. The van der Waals surface area contributed by atoms with Crippen LogP contribution in [0, 0.1) is 11.8 Å². The molecule has 0 unspecified atom stereocenters. The van der Waals surface area contributed by atoms with Crippen molar-refractivity contribution in [3.05, 3.63) is 28.2 Å². The molecule has 118 valence electrons. The number of carbonyl (C=O) groups excluding carboxylic acids is 1. The van der Waals surface area contributed by atoms with E-state index in [1.54, 1.807) is 11.3 Å². The number of allylic oxidation sites excluding steroid dienone is 2. The van der Waals surface area contributed by atoms with Crippen molar-refractivity contribution in [3.63, 3.8) is 0 Å². The summed E-state index contributed by atoms with van der Waals surface area (Å²) in [6, 6.07) is -0.184. The van der Waals surface area contributed by atoms with Gasteiger partial charge in [0, 0.05) is 11.3 Å². The van der Waals surface area contributed by atoms with Gasteiger partial charge in [0.2, 0.25) is 5.91 Å². The number of hydrogen-bond acceptors (Lipinski definition) is 4. The molecule has 1 heterocycles. The topological polar surface area (TPSA) is 79.3 Å². The van der Waals surface area contributed by atoms with E-state index in [0.717, 1.165) is 10.7 Å². The fourth-order valence-electron chi connectivity index (χ4n) is 2.79. The normalized spacial score (nSPS) is 25.7. The van der Waals surface area contributed by atoms with Gasteiger partial charge in [-0.1, -0.05) is 12.2 Å². The number of rotatable bonds is 5. The van der Waals surface area contributed by atoms with Crippen LogP contribution in [-0.4, -0.2) is 22.0 Å². The summed E-state index contributed by atoms with van der Waals surface area (Å²) < 4.78 is 0. The summed E-state index contributed by atoms with van der Waals surface area (Å²) in [5, 5.41) is 15.3. The van der Waals surface area contributed by atoms with Crippen molar-refractivity contribution in [2.45, 2.75) is 44.6 Å². The minimum atomic E-state index is -0.901. The van der Waals surface area contributed by atoms with E-state index in [-0.39, 0.29) is 11.9 Å². The Labute approximate surface area is 133 Å². The number of amides is 1. The smallest absolute Gasteiger partial charge is 0.307 e. The van der Waals surface area contributed by atoms with Crippen molar-refractivity contribution in [1.82, 2.24) is 10.3 Å². The van der Waals surface area contributed by atoms with Crippen LogP contribution in [0.3, 0.4) is 0 Å². The van der Waals surface area contributed by atoms with E-state index in [0.29, 0.717) is 18.8 Å². The van der Waals surface area contributed by atoms with Gasteiger partial charge in [0.25, 0.3) is 0 Å². The molecule has 6 heteroatoms. The molecule has 0 radical (unpaired) electrons.